The molecule has 0 atom stereocenters. The summed E-state index contributed by atoms with van der Waals surface area (Å²) < 4.78 is 24.8. The maximum absolute atomic E-state index is 11.4. The van der Waals surface area contributed by atoms with Crippen molar-refractivity contribution in [3.05, 3.63) is 121 Å². The zero-order valence-corrected chi connectivity index (χ0v) is 23.6. The molecule has 0 aliphatic carbocycles. The van der Waals surface area contributed by atoms with Gasteiger partial charge in [0.05, 0.1) is 29.5 Å². The van der Waals surface area contributed by atoms with Crippen molar-refractivity contribution in [1.82, 2.24) is 20.1 Å². The molecule has 0 fully saturated rings. The van der Waals surface area contributed by atoms with Gasteiger partial charge in [0.25, 0.3) is 0 Å². The molecule has 0 unspecified atom stereocenters. The fourth-order valence-electron chi connectivity index (χ4n) is 4.99. The summed E-state index contributed by atoms with van der Waals surface area (Å²) in [5, 5.41) is 13.5. The summed E-state index contributed by atoms with van der Waals surface area (Å²) in [7, 11) is -2.97. The van der Waals surface area contributed by atoms with Crippen molar-refractivity contribution in [3.63, 3.8) is 0 Å². The van der Waals surface area contributed by atoms with Crippen molar-refractivity contribution in [2.45, 2.75) is 13.1 Å². The first kappa shape index (κ1) is 26.7. The first-order chi connectivity index (χ1) is 19.9. The number of nitrogens with one attached hydrogen (secondary N) is 2. The predicted octanol–water partition coefficient (Wildman–Crippen LogP) is 6.18. The lowest BCUT2D eigenvalue weighted by Crippen LogP contribution is -2.21. The van der Waals surface area contributed by atoms with E-state index in [0.717, 1.165) is 56.4 Å². The summed E-state index contributed by atoms with van der Waals surface area (Å²) in [5.74, 6) is 0.130. The van der Waals surface area contributed by atoms with E-state index in [-0.39, 0.29) is 5.75 Å². The minimum absolute atomic E-state index is 0.130. The molecule has 2 N–H and O–H groups in total. The molecule has 7 nitrogen and oxygen atoms in total. The lowest BCUT2D eigenvalue weighted by Gasteiger charge is -2.12. The number of aromatic nitrogens is 3. The van der Waals surface area contributed by atoms with Crippen molar-refractivity contribution in [2.75, 3.05) is 23.9 Å². The van der Waals surface area contributed by atoms with Crippen LogP contribution in [0.4, 0.5) is 11.4 Å². The van der Waals surface area contributed by atoms with Gasteiger partial charge < -0.3 is 10.6 Å². The predicted molar refractivity (Wildman–Crippen MR) is 167 cm³/mol. The van der Waals surface area contributed by atoms with Crippen LogP contribution in [0.3, 0.4) is 0 Å². The van der Waals surface area contributed by atoms with Crippen molar-refractivity contribution in [2.24, 2.45) is 0 Å². The highest BCUT2D eigenvalue weighted by atomic mass is 32.2. The Hall–Kier alpha value is -4.53. The zero-order chi connectivity index (χ0) is 28.2. The molecule has 0 aliphatic heterocycles. The smallest absolute Gasteiger partial charge is 0.148 e. The average Bonchev–Trinajstić information content (AvgIpc) is 3.37. The molecule has 0 saturated carbocycles. The number of hydrogen-bond acceptors (Lipinski definition) is 6. The monoisotopic (exact) mass is 561 g/mol. The standard InChI is InChI=1S/C33H31N5O2S/c1-41(39,40)17-16-34-21-25-8-5-9-26(18-25)27-10-12-30-31(14-15-35-32(30)20-27)37-29-11-13-33-28(19-29)22-36-38(33)23-24-6-3-2-4-7-24/h2-15,18-20,22,34H,16-17,21,23H2,1H3,(H,35,37). The van der Waals surface area contributed by atoms with E-state index in [9.17, 15) is 8.42 Å². The van der Waals surface area contributed by atoms with Gasteiger partial charge in [-0.3, -0.25) is 9.67 Å². The van der Waals surface area contributed by atoms with E-state index in [0.29, 0.717) is 13.1 Å². The SMILES string of the molecule is CS(=O)(=O)CCNCc1cccc(-c2ccc3c(Nc4ccc5c(cnn5Cc5ccccc5)c4)ccnc3c2)c1. The summed E-state index contributed by atoms with van der Waals surface area (Å²) in [4.78, 5) is 4.65. The highest BCUT2D eigenvalue weighted by Crippen LogP contribution is 2.30. The first-order valence-corrected chi connectivity index (χ1v) is 15.6. The number of nitrogens with zero attached hydrogens (tertiary/aromatic N) is 3. The van der Waals surface area contributed by atoms with Crippen LogP contribution in [0.15, 0.2) is 109 Å². The molecule has 0 bridgehead atoms. The molecule has 0 spiro atoms. The molecule has 4 aromatic carbocycles. The third kappa shape index (κ3) is 6.45. The van der Waals surface area contributed by atoms with Crippen molar-refractivity contribution in [3.8, 4) is 11.1 Å². The van der Waals surface area contributed by atoms with Gasteiger partial charge in [-0.1, -0.05) is 60.7 Å². The van der Waals surface area contributed by atoms with Crippen LogP contribution in [0.1, 0.15) is 11.1 Å². The van der Waals surface area contributed by atoms with Crippen LogP contribution in [0.25, 0.3) is 32.9 Å². The van der Waals surface area contributed by atoms with Crippen LogP contribution in [0.2, 0.25) is 0 Å². The molecule has 2 aromatic heterocycles. The molecule has 0 saturated heterocycles. The Morgan fingerprint density at radius 2 is 1.66 bits per heavy atom. The van der Waals surface area contributed by atoms with Crippen LogP contribution >= 0.6 is 0 Å². The van der Waals surface area contributed by atoms with E-state index in [1.807, 2.05) is 53.5 Å². The van der Waals surface area contributed by atoms with Gasteiger partial charge in [-0.15, -0.1) is 0 Å². The second kappa shape index (κ2) is 11.5. The lowest BCUT2D eigenvalue weighted by atomic mass is 10.0. The maximum atomic E-state index is 11.4. The molecule has 2 heterocycles. The molecular weight excluding hydrogens is 530 g/mol. The van der Waals surface area contributed by atoms with Gasteiger partial charge in [0, 0.05) is 47.7 Å². The first-order valence-electron chi connectivity index (χ1n) is 13.5. The molecule has 8 heteroatoms. The van der Waals surface area contributed by atoms with Gasteiger partial charge >= 0.3 is 0 Å². The topological polar surface area (TPSA) is 88.9 Å². The second-order valence-corrected chi connectivity index (χ2v) is 12.5. The van der Waals surface area contributed by atoms with Gasteiger partial charge in [0.2, 0.25) is 0 Å². The Morgan fingerprint density at radius 1 is 0.829 bits per heavy atom. The summed E-state index contributed by atoms with van der Waals surface area (Å²) in [6.07, 6.45) is 4.99. The number of pyridine rings is 1. The van der Waals surface area contributed by atoms with Crippen LogP contribution < -0.4 is 10.6 Å². The molecule has 41 heavy (non-hydrogen) atoms. The number of fused-ring (bicyclic) bond motifs is 2. The number of rotatable bonds is 10. The van der Waals surface area contributed by atoms with E-state index in [1.54, 1.807) is 0 Å². The number of benzene rings is 4. The molecular formula is C33H31N5O2S. The Morgan fingerprint density at radius 3 is 2.51 bits per heavy atom. The van der Waals surface area contributed by atoms with E-state index in [4.69, 9.17) is 0 Å². The van der Waals surface area contributed by atoms with Gasteiger partial charge in [-0.25, -0.2) is 8.42 Å². The van der Waals surface area contributed by atoms with E-state index >= 15 is 0 Å². The molecule has 0 amide bonds. The number of sulfone groups is 1. The molecule has 0 radical (unpaired) electrons. The molecule has 0 aliphatic rings. The van der Waals surface area contributed by atoms with Crippen molar-refractivity contribution in [1.29, 1.82) is 0 Å². The Labute approximate surface area is 239 Å². The molecule has 6 aromatic rings. The normalized spacial score (nSPS) is 11.7. The minimum atomic E-state index is -2.97. The van der Waals surface area contributed by atoms with Crippen LogP contribution in [0, 0.1) is 0 Å². The minimum Gasteiger partial charge on any atom is -0.355 e. The number of hydrogen-bond donors (Lipinski definition) is 2. The van der Waals surface area contributed by atoms with Crippen LogP contribution in [-0.4, -0.2) is 41.7 Å². The zero-order valence-electron chi connectivity index (χ0n) is 22.8. The lowest BCUT2D eigenvalue weighted by molar-refractivity contribution is 0.596. The number of anilines is 2. The summed E-state index contributed by atoms with van der Waals surface area (Å²) in [6, 6.07) is 33.3. The van der Waals surface area contributed by atoms with E-state index < -0.39 is 9.84 Å². The maximum Gasteiger partial charge on any atom is 0.148 e. The van der Waals surface area contributed by atoms with Gasteiger partial charge in [0.1, 0.15) is 9.84 Å². The van der Waals surface area contributed by atoms with Gasteiger partial charge in [0.15, 0.2) is 0 Å². The highest BCUT2D eigenvalue weighted by Gasteiger charge is 2.09. The quantitative estimate of drug-likeness (QED) is 0.194. The third-order valence-electron chi connectivity index (χ3n) is 7.08. The van der Waals surface area contributed by atoms with Crippen LogP contribution in [-0.2, 0) is 22.9 Å². The van der Waals surface area contributed by atoms with Crippen molar-refractivity contribution >= 4 is 43.0 Å². The second-order valence-electron chi connectivity index (χ2n) is 10.3. The summed E-state index contributed by atoms with van der Waals surface area (Å²) >= 11 is 0. The van der Waals surface area contributed by atoms with Crippen LogP contribution in [0.5, 0.6) is 0 Å². The molecule has 6 rings (SSSR count). The largest absolute Gasteiger partial charge is 0.355 e. The average molecular weight is 562 g/mol. The third-order valence-corrected chi connectivity index (χ3v) is 8.02. The Balaban J connectivity index is 1.19. The van der Waals surface area contributed by atoms with E-state index in [2.05, 4.69) is 81.4 Å². The Kier molecular flexibility index (Phi) is 7.50. The van der Waals surface area contributed by atoms with Crippen molar-refractivity contribution < 1.29 is 8.42 Å². The fraction of sp³-hybridized carbons (Fsp3) is 0.152. The highest BCUT2D eigenvalue weighted by molar-refractivity contribution is 7.90. The summed E-state index contributed by atoms with van der Waals surface area (Å²) in [5.41, 5.74) is 8.46. The Bertz CT molecular complexity index is 1930. The van der Waals surface area contributed by atoms with Gasteiger partial charge in [-0.05, 0) is 58.7 Å². The molecule has 206 valence electrons. The fourth-order valence-corrected chi connectivity index (χ4v) is 5.51. The summed E-state index contributed by atoms with van der Waals surface area (Å²) in [6.45, 7) is 1.78. The van der Waals surface area contributed by atoms with Gasteiger partial charge in [-0.2, -0.15) is 5.10 Å². The van der Waals surface area contributed by atoms with E-state index in [1.165, 1.54) is 11.8 Å².